The van der Waals surface area contributed by atoms with Gasteiger partial charge < -0.3 is 10.2 Å². The Labute approximate surface area is 113 Å². The monoisotopic (exact) mass is 367 g/mol. The number of aromatic hydroxyl groups is 1. The molecule has 2 N–H and O–H groups in total. The third kappa shape index (κ3) is 3.16. The van der Waals surface area contributed by atoms with Crippen molar-refractivity contribution in [3.63, 3.8) is 0 Å². The van der Waals surface area contributed by atoms with E-state index in [9.17, 15) is 20.0 Å². The zero-order chi connectivity index (χ0) is 13.2. The largest absolute Gasteiger partial charge is 0.506 e. The molecule has 0 aliphatic carbocycles. The third-order valence-corrected chi connectivity index (χ3v) is 3.52. The van der Waals surface area contributed by atoms with Crippen LogP contribution in [0.5, 0.6) is 5.75 Å². The highest BCUT2D eigenvalue weighted by molar-refractivity contribution is 9.11. The van der Waals surface area contributed by atoms with Crippen LogP contribution >= 0.6 is 31.9 Å². The lowest BCUT2D eigenvalue weighted by Crippen LogP contribution is -2.02. The Morgan fingerprint density at radius 2 is 2.06 bits per heavy atom. The van der Waals surface area contributed by atoms with E-state index in [0.29, 0.717) is 0 Å². The number of hydrogen-bond donors (Lipinski definition) is 2. The number of rotatable bonds is 4. The fourth-order valence-corrected chi connectivity index (χ4v) is 2.56. The summed E-state index contributed by atoms with van der Waals surface area (Å²) in [5.74, 6) is -1.25. The molecule has 1 aromatic rings. The number of phenolic OH excluding ortho intramolecular Hbond substituents is 1. The summed E-state index contributed by atoms with van der Waals surface area (Å²) in [6.07, 6.45) is -0.284. The second-order valence-electron chi connectivity index (χ2n) is 3.17. The number of aliphatic carboxylic acids is 1. The van der Waals surface area contributed by atoms with Crippen molar-refractivity contribution in [1.82, 2.24) is 0 Å². The molecule has 0 amide bonds. The number of phenols is 1. The molecule has 1 rings (SSSR count). The molecule has 17 heavy (non-hydrogen) atoms. The number of benzene rings is 1. The van der Waals surface area contributed by atoms with E-state index >= 15 is 0 Å². The number of nitro groups is 1. The summed E-state index contributed by atoms with van der Waals surface area (Å²) in [7, 11) is 0. The highest BCUT2D eigenvalue weighted by Crippen LogP contribution is 2.40. The van der Waals surface area contributed by atoms with Gasteiger partial charge in [-0.05, 0) is 38.3 Å². The Bertz CT molecular complexity index is 489. The van der Waals surface area contributed by atoms with Crippen molar-refractivity contribution in [2.24, 2.45) is 0 Å². The molecule has 0 saturated heterocycles. The lowest BCUT2D eigenvalue weighted by molar-refractivity contribution is -0.385. The molecule has 8 heteroatoms. The van der Waals surface area contributed by atoms with Crippen LogP contribution in [0.4, 0.5) is 5.69 Å². The summed E-state index contributed by atoms with van der Waals surface area (Å²) in [6.45, 7) is 0. The van der Waals surface area contributed by atoms with E-state index in [4.69, 9.17) is 5.11 Å². The number of carboxylic acids is 1. The maximum absolute atomic E-state index is 10.8. The van der Waals surface area contributed by atoms with E-state index in [-0.39, 0.29) is 38.8 Å². The second-order valence-corrected chi connectivity index (χ2v) is 4.82. The molecule has 0 bridgehead atoms. The molecular formula is C9H7Br2NO5. The summed E-state index contributed by atoms with van der Waals surface area (Å²) in [6, 6.07) is 1.15. The first-order chi connectivity index (χ1) is 7.84. The summed E-state index contributed by atoms with van der Waals surface area (Å²) >= 11 is 6.00. The fourth-order valence-electron chi connectivity index (χ4n) is 1.27. The molecule has 0 atom stereocenters. The zero-order valence-electron chi connectivity index (χ0n) is 8.31. The average molecular weight is 369 g/mol. The van der Waals surface area contributed by atoms with E-state index in [2.05, 4.69) is 31.9 Å². The molecule has 1 aromatic carbocycles. The van der Waals surface area contributed by atoms with Crippen molar-refractivity contribution in [1.29, 1.82) is 0 Å². The standard InChI is InChI=1S/C9H7Br2NO5/c10-5-3-6(12(16)17)4(1-2-7(13)14)8(11)9(5)15/h3,15H,1-2H2,(H,13,14). The third-order valence-electron chi connectivity index (χ3n) is 2.06. The van der Waals surface area contributed by atoms with Gasteiger partial charge in [0.1, 0.15) is 5.75 Å². The lowest BCUT2D eigenvalue weighted by atomic mass is 10.1. The van der Waals surface area contributed by atoms with Gasteiger partial charge in [0, 0.05) is 18.1 Å². The Hall–Kier alpha value is -1.15. The van der Waals surface area contributed by atoms with E-state index in [1.807, 2.05) is 0 Å². The minimum absolute atomic E-state index is 0.0347. The van der Waals surface area contributed by atoms with Gasteiger partial charge in [-0.25, -0.2) is 0 Å². The van der Waals surface area contributed by atoms with Crippen LogP contribution in [-0.4, -0.2) is 21.1 Å². The topological polar surface area (TPSA) is 101 Å². The number of carbonyl (C=O) groups is 1. The molecule has 6 nitrogen and oxygen atoms in total. The zero-order valence-corrected chi connectivity index (χ0v) is 11.5. The van der Waals surface area contributed by atoms with Crippen molar-refractivity contribution < 1.29 is 19.9 Å². The molecule has 0 radical (unpaired) electrons. The summed E-state index contributed by atoms with van der Waals surface area (Å²) in [5.41, 5.74) is -0.0686. The van der Waals surface area contributed by atoms with Crippen LogP contribution in [0.3, 0.4) is 0 Å². The van der Waals surface area contributed by atoms with E-state index in [1.165, 1.54) is 0 Å². The fraction of sp³-hybridized carbons (Fsp3) is 0.222. The van der Waals surface area contributed by atoms with Gasteiger partial charge in [-0.15, -0.1) is 0 Å². The number of nitrogens with zero attached hydrogens (tertiary/aromatic N) is 1. The van der Waals surface area contributed by atoms with Gasteiger partial charge in [0.15, 0.2) is 0 Å². The van der Waals surface area contributed by atoms with Crippen LogP contribution < -0.4 is 0 Å². The van der Waals surface area contributed by atoms with Crippen LogP contribution in [-0.2, 0) is 11.2 Å². The van der Waals surface area contributed by atoms with Crippen LogP contribution in [0.25, 0.3) is 0 Å². The first kappa shape index (κ1) is 13.9. The molecule has 0 fully saturated rings. The molecule has 0 saturated carbocycles. The van der Waals surface area contributed by atoms with Crippen LogP contribution in [0, 0.1) is 10.1 Å². The van der Waals surface area contributed by atoms with Gasteiger partial charge in [-0.2, -0.15) is 0 Å². The van der Waals surface area contributed by atoms with Crippen LogP contribution in [0.15, 0.2) is 15.0 Å². The average Bonchev–Trinajstić information content (AvgIpc) is 2.23. The molecule has 0 aliphatic heterocycles. The molecular weight excluding hydrogens is 362 g/mol. The predicted molar refractivity (Wildman–Crippen MR) is 66.1 cm³/mol. The minimum atomic E-state index is -1.06. The number of carboxylic acid groups (broad SMARTS) is 1. The molecule has 0 aliphatic rings. The Morgan fingerprint density at radius 3 is 2.53 bits per heavy atom. The number of hydrogen-bond acceptors (Lipinski definition) is 4. The molecule has 92 valence electrons. The van der Waals surface area contributed by atoms with Crippen molar-refractivity contribution in [2.45, 2.75) is 12.8 Å². The van der Waals surface area contributed by atoms with Gasteiger partial charge in [-0.1, -0.05) is 0 Å². The van der Waals surface area contributed by atoms with Crippen molar-refractivity contribution in [3.8, 4) is 5.75 Å². The minimum Gasteiger partial charge on any atom is -0.506 e. The Kier molecular flexibility index (Phi) is 4.47. The lowest BCUT2D eigenvalue weighted by Gasteiger charge is -2.07. The van der Waals surface area contributed by atoms with Gasteiger partial charge in [0.2, 0.25) is 0 Å². The maximum Gasteiger partial charge on any atom is 0.303 e. The molecule has 0 spiro atoms. The number of nitro benzene ring substituents is 1. The maximum atomic E-state index is 10.8. The number of halogens is 2. The summed E-state index contributed by atoms with van der Waals surface area (Å²) in [5, 5.41) is 29.0. The van der Waals surface area contributed by atoms with E-state index in [1.54, 1.807) is 0 Å². The van der Waals surface area contributed by atoms with Gasteiger partial charge in [-0.3, -0.25) is 14.9 Å². The second kappa shape index (κ2) is 5.46. The summed E-state index contributed by atoms with van der Waals surface area (Å²) < 4.78 is 0.315. The Balaban J connectivity index is 3.28. The highest BCUT2D eigenvalue weighted by Gasteiger charge is 2.22. The molecule has 0 heterocycles. The normalized spacial score (nSPS) is 10.2. The van der Waals surface area contributed by atoms with E-state index in [0.717, 1.165) is 6.07 Å². The summed E-state index contributed by atoms with van der Waals surface area (Å²) in [4.78, 5) is 20.7. The van der Waals surface area contributed by atoms with Crippen molar-refractivity contribution in [3.05, 3.63) is 30.7 Å². The quantitative estimate of drug-likeness (QED) is 0.628. The first-order valence-corrected chi connectivity index (χ1v) is 5.99. The smallest absolute Gasteiger partial charge is 0.303 e. The van der Waals surface area contributed by atoms with E-state index < -0.39 is 10.9 Å². The Morgan fingerprint density at radius 1 is 1.47 bits per heavy atom. The SMILES string of the molecule is O=C(O)CCc1c([N+](=O)[O-])cc(Br)c(O)c1Br. The molecule has 0 aromatic heterocycles. The van der Waals surface area contributed by atoms with Crippen molar-refractivity contribution >= 4 is 43.5 Å². The van der Waals surface area contributed by atoms with Crippen LogP contribution in [0.1, 0.15) is 12.0 Å². The first-order valence-electron chi connectivity index (χ1n) is 4.40. The van der Waals surface area contributed by atoms with Gasteiger partial charge in [0.05, 0.1) is 13.9 Å². The van der Waals surface area contributed by atoms with Gasteiger partial charge in [0.25, 0.3) is 5.69 Å². The molecule has 0 unspecified atom stereocenters. The predicted octanol–water partition coefficient (Wildman–Crippen LogP) is 2.84. The van der Waals surface area contributed by atoms with Crippen LogP contribution in [0.2, 0.25) is 0 Å². The van der Waals surface area contributed by atoms with Crippen molar-refractivity contribution in [2.75, 3.05) is 0 Å². The van der Waals surface area contributed by atoms with Gasteiger partial charge >= 0.3 is 5.97 Å². The highest BCUT2D eigenvalue weighted by atomic mass is 79.9.